The van der Waals surface area contributed by atoms with Crippen LogP contribution in [0.4, 0.5) is 5.69 Å². The van der Waals surface area contributed by atoms with Gasteiger partial charge in [0, 0.05) is 11.6 Å². The van der Waals surface area contributed by atoms with Gasteiger partial charge in [0.05, 0.1) is 10.7 Å². The van der Waals surface area contributed by atoms with Crippen LogP contribution in [0, 0.1) is 0 Å². The molecule has 2 aromatic carbocycles. The van der Waals surface area contributed by atoms with E-state index in [1.165, 1.54) is 12.1 Å². The molecule has 0 atom stereocenters. The fourth-order valence-electron chi connectivity index (χ4n) is 1.84. The highest BCUT2D eigenvalue weighted by atomic mass is 35.5. The Bertz CT molecular complexity index is 718. The van der Waals surface area contributed by atoms with E-state index in [0.717, 1.165) is 5.56 Å². The zero-order chi connectivity index (χ0) is 16.8. The zero-order valence-corrected chi connectivity index (χ0v) is 13.5. The maximum atomic E-state index is 11.8. The van der Waals surface area contributed by atoms with Crippen molar-refractivity contribution < 1.29 is 14.7 Å². The number of nitrogens with one attached hydrogen (secondary N) is 2. The summed E-state index contributed by atoms with van der Waals surface area (Å²) in [7, 11) is 0. The minimum Gasteiger partial charge on any atom is -0.508 e. The third-order valence-corrected chi connectivity index (χ3v) is 3.58. The Balaban J connectivity index is 1.84. The molecular weight excluding hydrogens is 339 g/mol. The maximum absolute atomic E-state index is 11.8. The molecule has 2 amide bonds. The van der Waals surface area contributed by atoms with E-state index in [1.54, 1.807) is 30.3 Å². The summed E-state index contributed by atoms with van der Waals surface area (Å²) in [6, 6.07) is 11.2. The van der Waals surface area contributed by atoms with Gasteiger partial charge in [-0.05, 0) is 42.3 Å². The number of benzene rings is 2. The molecule has 0 saturated heterocycles. The summed E-state index contributed by atoms with van der Waals surface area (Å²) < 4.78 is 0. The van der Waals surface area contributed by atoms with Crippen molar-refractivity contribution in [2.45, 2.75) is 6.42 Å². The molecule has 0 unspecified atom stereocenters. The van der Waals surface area contributed by atoms with Crippen LogP contribution in [0.5, 0.6) is 5.75 Å². The van der Waals surface area contributed by atoms with Crippen LogP contribution in [0.3, 0.4) is 0 Å². The fraction of sp³-hybridized carbons (Fsp3) is 0.125. The molecule has 0 radical (unpaired) electrons. The molecule has 0 aliphatic carbocycles. The summed E-state index contributed by atoms with van der Waals surface area (Å²) in [5, 5.41) is 14.8. The van der Waals surface area contributed by atoms with Crippen molar-refractivity contribution >= 4 is 40.7 Å². The van der Waals surface area contributed by atoms with Crippen LogP contribution >= 0.6 is 23.2 Å². The number of carbonyl (C=O) groups is 2. The van der Waals surface area contributed by atoms with Crippen molar-refractivity contribution in [2.24, 2.45) is 0 Å². The molecule has 0 aliphatic rings. The summed E-state index contributed by atoms with van der Waals surface area (Å²) >= 11 is 11.7. The molecule has 2 rings (SSSR count). The SMILES string of the molecule is O=C(NCCc1ccc(O)cc1)C(=O)Nc1cc(Cl)ccc1Cl. The van der Waals surface area contributed by atoms with Gasteiger partial charge in [-0.1, -0.05) is 35.3 Å². The van der Waals surface area contributed by atoms with Crippen LogP contribution < -0.4 is 10.6 Å². The first-order chi connectivity index (χ1) is 11.0. The van der Waals surface area contributed by atoms with Crippen LogP contribution in [-0.4, -0.2) is 23.5 Å². The smallest absolute Gasteiger partial charge is 0.313 e. The minimum atomic E-state index is -0.820. The molecule has 0 bridgehead atoms. The summed E-state index contributed by atoms with van der Waals surface area (Å²) in [6.07, 6.45) is 0.539. The molecule has 0 aliphatic heterocycles. The summed E-state index contributed by atoms with van der Waals surface area (Å²) in [5.41, 5.74) is 1.21. The van der Waals surface area contributed by atoms with Gasteiger partial charge in [0.1, 0.15) is 5.75 Å². The number of aromatic hydroxyl groups is 1. The van der Waals surface area contributed by atoms with Crippen LogP contribution in [-0.2, 0) is 16.0 Å². The third-order valence-electron chi connectivity index (χ3n) is 3.02. The van der Waals surface area contributed by atoms with Crippen molar-refractivity contribution in [3.05, 3.63) is 58.1 Å². The molecule has 5 nitrogen and oxygen atoms in total. The summed E-state index contributed by atoms with van der Waals surface area (Å²) in [4.78, 5) is 23.6. The van der Waals surface area contributed by atoms with E-state index in [-0.39, 0.29) is 11.4 Å². The van der Waals surface area contributed by atoms with Gasteiger partial charge in [-0.2, -0.15) is 0 Å². The van der Waals surface area contributed by atoms with E-state index >= 15 is 0 Å². The lowest BCUT2D eigenvalue weighted by Crippen LogP contribution is -2.36. The van der Waals surface area contributed by atoms with E-state index in [2.05, 4.69) is 10.6 Å². The Kier molecular flexibility index (Phi) is 5.84. The van der Waals surface area contributed by atoms with Crippen molar-refractivity contribution in [3.8, 4) is 5.75 Å². The molecule has 0 spiro atoms. The highest BCUT2D eigenvalue weighted by Gasteiger charge is 2.14. The molecule has 120 valence electrons. The van der Waals surface area contributed by atoms with E-state index in [4.69, 9.17) is 23.2 Å². The first kappa shape index (κ1) is 17.1. The number of halogens is 2. The first-order valence-corrected chi connectivity index (χ1v) is 7.53. The topological polar surface area (TPSA) is 78.4 Å². The number of rotatable bonds is 4. The molecule has 23 heavy (non-hydrogen) atoms. The van der Waals surface area contributed by atoms with Gasteiger partial charge in [-0.3, -0.25) is 9.59 Å². The van der Waals surface area contributed by atoms with E-state index in [0.29, 0.717) is 23.0 Å². The molecular formula is C16H14Cl2N2O3. The van der Waals surface area contributed by atoms with Crippen molar-refractivity contribution in [3.63, 3.8) is 0 Å². The number of hydrogen-bond acceptors (Lipinski definition) is 3. The predicted molar refractivity (Wildman–Crippen MR) is 89.9 cm³/mol. The number of phenolic OH excluding ortho intramolecular Hbond substituents is 1. The number of carbonyl (C=O) groups excluding carboxylic acids is 2. The second-order valence-electron chi connectivity index (χ2n) is 4.75. The van der Waals surface area contributed by atoms with E-state index in [1.807, 2.05) is 0 Å². The Morgan fingerprint density at radius 2 is 1.70 bits per heavy atom. The Morgan fingerprint density at radius 1 is 1.00 bits per heavy atom. The standard InChI is InChI=1S/C16H14Cl2N2O3/c17-11-3-6-13(18)14(9-11)20-16(23)15(22)19-8-7-10-1-4-12(21)5-2-10/h1-6,9,21H,7-8H2,(H,19,22)(H,20,23). The van der Waals surface area contributed by atoms with Crippen molar-refractivity contribution in [1.82, 2.24) is 5.32 Å². The maximum Gasteiger partial charge on any atom is 0.313 e. The molecule has 7 heteroatoms. The minimum absolute atomic E-state index is 0.176. The Hall–Kier alpha value is -2.24. The quantitative estimate of drug-likeness (QED) is 0.740. The van der Waals surface area contributed by atoms with Gasteiger partial charge < -0.3 is 15.7 Å². The van der Waals surface area contributed by atoms with Crippen molar-refractivity contribution in [1.29, 1.82) is 0 Å². The molecule has 0 fully saturated rings. The lowest BCUT2D eigenvalue weighted by molar-refractivity contribution is -0.136. The van der Waals surface area contributed by atoms with Crippen molar-refractivity contribution in [2.75, 3.05) is 11.9 Å². The van der Waals surface area contributed by atoms with E-state index < -0.39 is 11.8 Å². The van der Waals surface area contributed by atoms with Crippen LogP contribution in [0.25, 0.3) is 0 Å². The largest absolute Gasteiger partial charge is 0.508 e. The van der Waals surface area contributed by atoms with Gasteiger partial charge in [0.25, 0.3) is 0 Å². The third kappa shape index (κ3) is 5.16. The molecule has 2 aromatic rings. The highest BCUT2D eigenvalue weighted by molar-refractivity contribution is 6.42. The predicted octanol–water partition coefficient (Wildman–Crippen LogP) is 3.00. The molecule has 0 aromatic heterocycles. The number of phenols is 1. The van der Waals surface area contributed by atoms with Gasteiger partial charge in [-0.25, -0.2) is 0 Å². The first-order valence-electron chi connectivity index (χ1n) is 6.78. The van der Waals surface area contributed by atoms with Crippen LogP contribution in [0.1, 0.15) is 5.56 Å². The fourth-order valence-corrected chi connectivity index (χ4v) is 2.17. The Morgan fingerprint density at radius 3 is 2.39 bits per heavy atom. The second kappa shape index (κ2) is 7.85. The zero-order valence-electron chi connectivity index (χ0n) is 12.0. The molecule has 3 N–H and O–H groups in total. The van der Waals surface area contributed by atoms with Crippen LogP contribution in [0.15, 0.2) is 42.5 Å². The van der Waals surface area contributed by atoms with E-state index in [9.17, 15) is 14.7 Å². The lowest BCUT2D eigenvalue weighted by atomic mass is 10.1. The monoisotopic (exact) mass is 352 g/mol. The Labute approximate surface area is 143 Å². The van der Waals surface area contributed by atoms with Gasteiger partial charge in [-0.15, -0.1) is 0 Å². The van der Waals surface area contributed by atoms with Gasteiger partial charge in [0.15, 0.2) is 0 Å². The summed E-state index contributed by atoms with van der Waals surface area (Å²) in [5.74, 6) is -1.41. The number of anilines is 1. The highest BCUT2D eigenvalue weighted by Crippen LogP contribution is 2.25. The average Bonchev–Trinajstić information content (AvgIpc) is 2.52. The normalized spacial score (nSPS) is 10.2. The second-order valence-corrected chi connectivity index (χ2v) is 5.59. The van der Waals surface area contributed by atoms with Gasteiger partial charge >= 0.3 is 11.8 Å². The molecule has 0 heterocycles. The number of hydrogen-bond donors (Lipinski definition) is 3. The summed E-state index contributed by atoms with van der Waals surface area (Å²) in [6.45, 7) is 0.292. The lowest BCUT2D eigenvalue weighted by Gasteiger charge is -2.08. The van der Waals surface area contributed by atoms with Crippen LogP contribution in [0.2, 0.25) is 10.0 Å². The van der Waals surface area contributed by atoms with Gasteiger partial charge in [0.2, 0.25) is 0 Å². The molecule has 0 saturated carbocycles. The number of amides is 2. The average molecular weight is 353 g/mol.